The fourth-order valence-electron chi connectivity index (χ4n) is 1.79. The lowest BCUT2D eigenvalue weighted by Crippen LogP contribution is -1.93. The number of hydrogen-bond acceptors (Lipinski definition) is 4. The van der Waals surface area contributed by atoms with Gasteiger partial charge in [-0.2, -0.15) is 8.75 Å². The topological polar surface area (TPSA) is 42.9 Å². The first-order chi connectivity index (χ1) is 9.72. The molecule has 3 aromatic rings. The van der Waals surface area contributed by atoms with Gasteiger partial charge in [0.25, 0.3) is 0 Å². The average Bonchev–Trinajstić information content (AvgIpc) is 2.93. The van der Waals surface area contributed by atoms with Crippen molar-refractivity contribution >= 4 is 46.2 Å². The molecular formula is C15H9ClN2OS. The van der Waals surface area contributed by atoms with E-state index in [0.717, 1.165) is 16.6 Å². The van der Waals surface area contributed by atoms with E-state index >= 15 is 0 Å². The Kier molecular flexibility index (Phi) is 3.58. The largest absolute Gasteiger partial charge is 0.289 e. The van der Waals surface area contributed by atoms with E-state index in [-0.39, 0.29) is 5.78 Å². The van der Waals surface area contributed by atoms with Gasteiger partial charge in [0.15, 0.2) is 5.78 Å². The van der Waals surface area contributed by atoms with E-state index < -0.39 is 0 Å². The van der Waals surface area contributed by atoms with E-state index in [2.05, 4.69) is 8.75 Å². The summed E-state index contributed by atoms with van der Waals surface area (Å²) in [5.74, 6) is -0.0573. The smallest absolute Gasteiger partial charge is 0.185 e. The number of benzene rings is 2. The van der Waals surface area contributed by atoms with Gasteiger partial charge in [0.1, 0.15) is 11.0 Å². The Balaban J connectivity index is 1.82. The van der Waals surface area contributed by atoms with Crippen molar-refractivity contribution in [2.45, 2.75) is 0 Å². The molecule has 0 amide bonds. The van der Waals surface area contributed by atoms with Crippen molar-refractivity contribution in [2.24, 2.45) is 0 Å². The summed E-state index contributed by atoms with van der Waals surface area (Å²) in [5, 5.41) is 0.618. The summed E-state index contributed by atoms with van der Waals surface area (Å²) in [6, 6.07) is 12.5. The standard InChI is InChI=1S/C15H9ClN2OS/c16-12-5-3-11(4-6-12)15(19)8-2-10-1-7-13-14(9-10)18-20-17-13/h1-9H. The number of carbonyl (C=O) groups is 1. The van der Waals surface area contributed by atoms with Gasteiger partial charge in [-0.25, -0.2) is 0 Å². The molecule has 0 radical (unpaired) electrons. The summed E-state index contributed by atoms with van der Waals surface area (Å²) >= 11 is 6.97. The molecule has 0 fully saturated rings. The molecule has 20 heavy (non-hydrogen) atoms. The minimum absolute atomic E-state index is 0.0573. The lowest BCUT2D eigenvalue weighted by molar-refractivity contribution is 0.104. The van der Waals surface area contributed by atoms with Crippen LogP contribution in [0.4, 0.5) is 0 Å². The van der Waals surface area contributed by atoms with Crippen molar-refractivity contribution in [1.29, 1.82) is 0 Å². The molecule has 0 bridgehead atoms. The van der Waals surface area contributed by atoms with E-state index in [9.17, 15) is 4.79 Å². The number of fused-ring (bicyclic) bond motifs is 1. The molecule has 0 aliphatic carbocycles. The third-order valence-electron chi connectivity index (χ3n) is 2.83. The molecular weight excluding hydrogens is 292 g/mol. The van der Waals surface area contributed by atoms with Gasteiger partial charge >= 0.3 is 0 Å². The van der Waals surface area contributed by atoms with E-state index in [1.54, 1.807) is 36.4 Å². The monoisotopic (exact) mass is 300 g/mol. The van der Waals surface area contributed by atoms with Gasteiger partial charge in [-0.05, 0) is 48.0 Å². The Hall–Kier alpha value is -2.04. The number of carbonyl (C=O) groups excluding carboxylic acids is 1. The van der Waals surface area contributed by atoms with Crippen molar-refractivity contribution in [1.82, 2.24) is 8.75 Å². The Morgan fingerprint density at radius 2 is 1.80 bits per heavy atom. The van der Waals surface area contributed by atoms with Crippen LogP contribution in [0.25, 0.3) is 17.1 Å². The second-order valence-corrected chi connectivity index (χ2v) is 5.18. The molecule has 0 atom stereocenters. The first-order valence-corrected chi connectivity index (χ1v) is 7.03. The van der Waals surface area contributed by atoms with E-state index in [4.69, 9.17) is 11.6 Å². The third kappa shape index (κ3) is 2.76. The predicted octanol–water partition coefficient (Wildman–Crippen LogP) is 4.24. The Labute approximate surface area is 124 Å². The molecule has 1 heterocycles. The van der Waals surface area contributed by atoms with Crippen LogP contribution >= 0.6 is 23.3 Å². The average molecular weight is 301 g/mol. The van der Waals surface area contributed by atoms with E-state index in [0.29, 0.717) is 10.6 Å². The first kappa shape index (κ1) is 13.0. The van der Waals surface area contributed by atoms with Crippen LogP contribution in [0.15, 0.2) is 48.5 Å². The molecule has 0 unspecified atom stereocenters. The van der Waals surface area contributed by atoms with Crippen molar-refractivity contribution in [3.8, 4) is 0 Å². The number of hydrogen-bond donors (Lipinski definition) is 0. The quantitative estimate of drug-likeness (QED) is 0.537. The van der Waals surface area contributed by atoms with Crippen molar-refractivity contribution < 1.29 is 4.79 Å². The first-order valence-electron chi connectivity index (χ1n) is 5.93. The SMILES string of the molecule is O=C(C=Cc1ccc2nsnc2c1)c1ccc(Cl)cc1. The summed E-state index contributed by atoms with van der Waals surface area (Å²) in [6.07, 6.45) is 3.32. The summed E-state index contributed by atoms with van der Waals surface area (Å²) in [5.41, 5.74) is 3.25. The normalized spacial score (nSPS) is 11.2. The second kappa shape index (κ2) is 5.53. The highest BCUT2D eigenvalue weighted by Crippen LogP contribution is 2.15. The zero-order valence-electron chi connectivity index (χ0n) is 10.3. The van der Waals surface area contributed by atoms with Gasteiger partial charge in [-0.15, -0.1) is 0 Å². The lowest BCUT2D eigenvalue weighted by atomic mass is 10.1. The van der Waals surface area contributed by atoms with E-state index in [1.807, 2.05) is 18.2 Å². The van der Waals surface area contributed by atoms with Gasteiger partial charge < -0.3 is 0 Å². The molecule has 0 aliphatic heterocycles. The van der Waals surface area contributed by atoms with Gasteiger partial charge in [0.05, 0.1) is 11.7 Å². The maximum Gasteiger partial charge on any atom is 0.185 e. The lowest BCUT2D eigenvalue weighted by Gasteiger charge is -1.96. The maximum absolute atomic E-state index is 12.0. The summed E-state index contributed by atoms with van der Waals surface area (Å²) < 4.78 is 8.31. The van der Waals surface area contributed by atoms with E-state index in [1.165, 1.54) is 11.7 Å². The van der Waals surface area contributed by atoms with Gasteiger partial charge in [-0.3, -0.25) is 4.79 Å². The minimum atomic E-state index is -0.0573. The molecule has 98 valence electrons. The Bertz CT molecular complexity index is 793. The molecule has 3 rings (SSSR count). The second-order valence-electron chi connectivity index (χ2n) is 4.22. The fraction of sp³-hybridized carbons (Fsp3) is 0. The number of allylic oxidation sites excluding steroid dienone is 1. The number of rotatable bonds is 3. The van der Waals surface area contributed by atoms with Gasteiger partial charge in [0, 0.05) is 10.6 Å². The molecule has 3 nitrogen and oxygen atoms in total. The molecule has 1 aromatic heterocycles. The van der Waals surface area contributed by atoms with Crippen molar-refractivity contribution in [3.05, 3.63) is 64.7 Å². The highest BCUT2D eigenvalue weighted by molar-refractivity contribution is 7.00. The zero-order chi connectivity index (χ0) is 13.9. The van der Waals surface area contributed by atoms with Crippen LogP contribution in [0.5, 0.6) is 0 Å². The highest BCUT2D eigenvalue weighted by atomic mass is 35.5. The highest BCUT2D eigenvalue weighted by Gasteiger charge is 2.02. The van der Waals surface area contributed by atoms with Crippen LogP contribution in [0.1, 0.15) is 15.9 Å². The summed E-state index contributed by atoms with van der Waals surface area (Å²) in [7, 11) is 0. The number of halogens is 1. The van der Waals surface area contributed by atoms with Crippen LogP contribution < -0.4 is 0 Å². The third-order valence-corrected chi connectivity index (χ3v) is 3.64. The van der Waals surface area contributed by atoms with Crippen molar-refractivity contribution in [3.63, 3.8) is 0 Å². The summed E-state index contributed by atoms with van der Waals surface area (Å²) in [4.78, 5) is 12.0. The van der Waals surface area contributed by atoms with Crippen LogP contribution in [0.2, 0.25) is 5.02 Å². The Morgan fingerprint density at radius 3 is 2.60 bits per heavy atom. The molecule has 0 saturated heterocycles. The molecule has 0 aliphatic rings. The minimum Gasteiger partial charge on any atom is -0.289 e. The number of aromatic nitrogens is 2. The van der Waals surface area contributed by atoms with Crippen molar-refractivity contribution in [2.75, 3.05) is 0 Å². The molecule has 0 spiro atoms. The van der Waals surface area contributed by atoms with Crippen LogP contribution in [0.3, 0.4) is 0 Å². The van der Waals surface area contributed by atoms with Crippen LogP contribution in [-0.2, 0) is 0 Å². The fourth-order valence-corrected chi connectivity index (χ4v) is 2.43. The maximum atomic E-state index is 12.0. The number of ketones is 1. The Morgan fingerprint density at radius 1 is 1.05 bits per heavy atom. The summed E-state index contributed by atoms with van der Waals surface area (Å²) in [6.45, 7) is 0. The zero-order valence-corrected chi connectivity index (χ0v) is 11.9. The molecule has 5 heteroatoms. The van der Waals surface area contributed by atoms with Gasteiger partial charge in [0.2, 0.25) is 0 Å². The van der Waals surface area contributed by atoms with Crippen LogP contribution in [-0.4, -0.2) is 14.5 Å². The van der Waals surface area contributed by atoms with Gasteiger partial charge in [-0.1, -0.05) is 23.7 Å². The molecule has 0 N–H and O–H groups in total. The van der Waals surface area contributed by atoms with Crippen LogP contribution in [0, 0.1) is 0 Å². The predicted molar refractivity (Wildman–Crippen MR) is 82.2 cm³/mol. The number of nitrogens with zero attached hydrogens (tertiary/aromatic N) is 2. The molecule has 2 aromatic carbocycles. The molecule has 0 saturated carbocycles.